The van der Waals surface area contributed by atoms with Gasteiger partial charge < -0.3 is 20.3 Å². The van der Waals surface area contributed by atoms with Gasteiger partial charge in [-0.25, -0.2) is 4.79 Å². The Labute approximate surface area is 150 Å². The standard InChI is InChI=1S/C18H18ClN3O3/c1-25-14-6-4-5-13(10-14)22-11-12(9-17(22)23)20-18(24)21-16-8-3-2-7-15(16)19/h2-8,10,12H,9,11H2,1H3,(H2,20,21,24)/t12-/m0/s1. The van der Waals surface area contributed by atoms with Gasteiger partial charge in [0.2, 0.25) is 5.91 Å². The molecule has 3 amide bonds. The van der Waals surface area contributed by atoms with Crippen LogP contribution in [-0.2, 0) is 4.79 Å². The fourth-order valence-corrected chi connectivity index (χ4v) is 2.92. The van der Waals surface area contributed by atoms with Crippen LogP contribution in [0.4, 0.5) is 16.2 Å². The summed E-state index contributed by atoms with van der Waals surface area (Å²) < 4.78 is 5.19. The number of hydrogen-bond acceptors (Lipinski definition) is 3. The third kappa shape index (κ3) is 4.03. The number of benzene rings is 2. The zero-order chi connectivity index (χ0) is 17.8. The van der Waals surface area contributed by atoms with E-state index in [0.29, 0.717) is 23.0 Å². The number of ether oxygens (including phenoxy) is 1. The van der Waals surface area contributed by atoms with Gasteiger partial charge in [-0.15, -0.1) is 0 Å². The van der Waals surface area contributed by atoms with E-state index >= 15 is 0 Å². The van der Waals surface area contributed by atoms with Gasteiger partial charge >= 0.3 is 6.03 Å². The van der Waals surface area contributed by atoms with Gasteiger partial charge in [-0.3, -0.25) is 4.79 Å². The first kappa shape index (κ1) is 17.1. The van der Waals surface area contributed by atoms with Crippen LogP contribution in [-0.4, -0.2) is 31.6 Å². The third-order valence-electron chi connectivity index (χ3n) is 3.95. The van der Waals surface area contributed by atoms with Crippen LogP contribution in [0, 0.1) is 0 Å². The maximum absolute atomic E-state index is 12.3. The Morgan fingerprint density at radius 3 is 2.80 bits per heavy atom. The van der Waals surface area contributed by atoms with Gasteiger partial charge in [0.15, 0.2) is 0 Å². The number of anilines is 2. The Balaban J connectivity index is 1.62. The van der Waals surface area contributed by atoms with Crippen molar-refractivity contribution < 1.29 is 14.3 Å². The molecule has 2 aromatic rings. The molecule has 0 spiro atoms. The van der Waals surface area contributed by atoms with E-state index in [1.807, 2.05) is 18.2 Å². The molecule has 25 heavy (non-hydrogen) atoms. The van der Waals surface area contributed by atoms with E-state index < -0.39 is 6.03 Å². The summed E-state index contributed by atoms with van der Waals surface area (Å²) in [5, 5.41) is 5.96. The lowest BCUT2D eigenvalue weighted by molar-refractivity contribution is -0.117. The van der Waals surface area contributed by atoms with Crippen LogP contribution in [0.5, 0.6) is 5.75 Å². The van der Waals surface area contributed by atoms with Crippen molar-refractivity contribution in [3.63, 3.8) is 0 Å². The van der Waals surface area contributed by atoms with E-state index in [4.69, 9.17) is 16.3 Å². The minimum Gasteiger partial charge on any atom is -0.497 e. The van der Waals surface area contributed by atoms with Crippen LogP contribution >= 0.6 is 11.6 Å². The number of amides is 3. The molecule has 1 fully saturated rings. The van der Waals surface area contributed by atoms with Crippen molar-refractivity contribution >= 4 is 34.9 Å². The van der Waals surface area contributed by atoms with Crippen LogP contribution in [0.2, 0.25) is 5.02 Å². The van der Waals surface area contributed by atoms with Gasteiger partial charge in [0.25, 0.3) is 0 Å². The van der Waals surface area contributed by atoms with Crippen LogP contribution in [0.15, 0.2) is 48.5 Å². The summed E-state index contributed by atoms with van der Waals surface area (Å²) in [5.74, 6) is 0.634. The van der Waals surface area contributed by atoms with Gasteiger partial charge in [-0.2, -0.15) is 0 Å². The van der Waals surface area contributed by atoms with Crippen molar-refractivity contribution in [1.29, 1.82) is 0 Å². The molecule has 0 unspecified atom stereocenters. The molecular formula is C18H18ClN3O3. The highest BCUT2D eigenvalue weighted by molar-refractivity contribution is 6.33. The molecule has 0 radical (unpaired) electrons. The Kier molecular flexibility index (Phi) is 5.09. The van der Waals surface area contributed by atoms with E-state index in [1.165, 1.54) is 0 Å². The highest BCUT2D eigenvalue weighted by Gasteiger charge is 2.31. The lowest BCUT2D eigenvalue weighted by Crippen LogP contribution is -2.39. The first-order valence-electron chi connectivity index (χ1n) is 7.83. The largest absolute Gasteiger partial charge is 0.497 e. The second kappa shape index (κ2) is 7.44. The monoisotopic (exact) mass is 359 g/mol. The van der Waals surface area contributed by atoms with Gasteiger partial charge in [0.05, 0.1) is 23.9 Å². The van der Waals surface area contributed by atoms with Crippen molar-refractivity contribution in [2.75, 3.05) is 23.9 Å². The average Bonchev–Trinajstić information content (AvgIpc) is 2.97. The number of para-hydroxylation sites is 1. The van der Waals surface area contributed by atoms with Crippen molar-refractivity contribution in [1.82, 2.24) is 5.32 Å². The van der Waals surface area contributed by atoms with Crippen LogP contribution < -0.4 is 20.3 Å². The number of rotatable bonds is 4. The zero-order valence-corrected chi connectivity index (χ0v) is 14.4. The third-order valence-corrected chi connectivity index (χ3v) is 4.28. The summed E-state index contributed by atoms with van der Waals surface area (Å²) in [6, 6.07) is 13.6. The SMILES string of the molecule is COc1cccc(N2C[C@@H](NC(=O)Nc3ccccc3Cl)CC2=O)c1. The minimum atomic E-state index is -0.390. The van der Waals surface area contributed by atoms with Gasteiger partial charge in [-0.05, 0) is 24.3 Å². The Morgan fingerprint density at radius 2 is 2.04 bits per heavy atom. The van der Waals surface area contributed by atoms with E-state index in [9.17, 15) is 9.59 Å². The van der Waals surface area contributed by atoms with Crippen molar-refractivity contribution in [3.05, 3.63) is 53.6 Å². The zero-order valence-electron chi connectivity index (χ0n) is 13.7. The second-order valence-corrected chi connectivity index (χ2v) is 6.09. The predicted molar refractivity (Wildman–Crippen MR) is 97.4 cm³/mol. The lowest BCUT2D eigenvalue weighted by Gasteiger charge is -2.18. The summed E-state index contributed by atoms with van der Waals surface area (Å²) in [6.07, 6.45) is 0.243. The molecule has 0 aliphatic carbocycles. The molecule has 0 saturated carbocycles. The molecule has 0 aromatic heterocycles. The molecule has 3 rings (SSSR count). The minimum absolute atomic E-state index is 0.0451. The summed E-state index contributed by atoms with van der Waals surface area (Å²) in [6.45, 7) is 0.405. The molecule has 130 valence electrons. The fraction of sp³-hybridized carbons (Fsp3) is 0.222. The number of carbonyl (C=O) groups is 2. The molecule has 2 N–H and O–H groups in total. The number of halogens is 1. The fourth-order valence-electron chi connectivity index (χ4n) is 2.74. The van der Waals surface area contributed by atoms with E-state index in [1.54, 1.807) is 42.3 Å². The van der Waals surface area contributed by atoms with Crippen LogP contribution in [0.25, 0.3) is 0 Å². The quantitative estimate of drug-likeness (QED) is 0.880. The van der Waals surface area contributed by atoms with Gasteiger partial charge in [0, 0.05) is 24.7 Å². The number of nitrogens with one attached hydrogen (secondary N) is 2. The Hall–Kier alpha value is -2.73. The Bertz CT molecular complexity index is 797. The topological polar surface area (TPSA) is 70.7 Å². The van der Waals surface area contributed by atoms with Gasteiger partial charge in [-0.1, -0.05) is 29.8 Å². The predicted octanol–water partition coefficient (Wildman–Crippen LogP) is 3.28. The average molecular weight is 360 g/mol. The first-order valence-corrected chi connectivity index (χ1v) is 8.21. The van der Waals surface area contributed by atoms with Crippen molar-refractivity contribution in [3.8, 4) is 5.75 Å². The molecule has 2 aromatic carbocycles. The highest BCUT2D eigenvalue weighted by Crippen LogP contribution is 2.25. The van der Waals surface area contributed by atoms with E-state index in [2.05, 4.69) is 10.6 Å². The molecule has 7 heteroatoms. The lowest BCUT2D eigenvalue weighted by atomic mass is 10.2. The molecule has 1 atom stereocenters. The van der Waals surface area contributed by atoms with E-state index in [0.717, 1.165) is 5.69 Å². The maximum Gasteiger partial charge on any atom is 0.319 e. The molecule has 6 nitrogen and oxygen atoms in total. The first-order chi connectivity index (χ1) is 12.1. The highest BCUT2D eigenvalue weighted by atomic mass is 35.5. The second-order valence-electron chi connectivity index (χ2n) is 5.69. The van der Waals surface area contributed by atoms with Crippen molar-refractivity contribution in [2.24, 2.45) is 0 Å². The number of hydrogen-bond donors (Lipinski definition) is 2. The molecule has 1 saturated heterocycles. The molecule has 1 heterocycles. The van der Waals surface area contributed by atoms with E-state index in [-0.39, 0.29) is 18.4 Å². The molecule has 0 bridgehead atoms. The summed E-state index contributed by atoms with van der Waals surface area (Å²) in [4.78, 5) is 26.1. The summed E-state index contributed by atoms with van der Waals surface area (Å²) in [7, 11) is 1.58. The maximum atomic E-state index is 12.3. The smallest absolute Gasteiger partial charge is 0.319 e. The van der Waals surface area contributed by atoms with Crippen LogP contribution in [0.1, 0.15) is 6.42 Å². The van der Waals surface area contributed by atoms with Crippen LogP contribution in [0.3, 0.4) is 0 Å². The Morgan fingerprint density at radius 1 is 1.24 bits per heavy atom. The van der Waals surface area contributed by atoms with Crippen molar-refractivity contribution in [2.45, 2.75) is 12.5 Å². The van der Waals surface area contributed by atoms with Gasteiger partial charge in [0.1, 0.15) is 5.75 Å². The molecule has 1 aliphatic rings. The number of methoxy groups -OCH3 is 1. The molecular weight excluding hydrogens is 342 g/mol. The molecule has 1 aliphatic heterocycles. The summed E-state index contributed by atoms with van der Waals surface area (Å²) in [5.41, 5.74) is 1.27. The summed E-state index contributed by atoms with van der Waals surface area (Å²) >= 11 is 6.02. The number of urea groups is 1. The number of carbonyl (C=O) groups excluding carboxylic acids is 2. The normalized spacial score (nSPS) is 16.6. The number of nitrogens with zero attached hydrogens (tertiary/aromatic N) is 1.